The highest BCUT2D eigenvalue weighted by Gasteiger charge is 2.13. The molecule has 1 aliphatic heterocycles. The van der Waals surface area contributed by atoms with E-state index in [1.165, 1.54) is 0 Å². The molecule has 15 heavy (non-hydrogen) atoms. The number of rotatable bonds is 4. The molecule has 1 aromatic heterocycles. The van der Waals surface area contributed by atoms with Crippen LogP contribution in [0.25, 0.3) is 0 Å². The van der Waals surface area contributed by atoms with Gasteiger partial charge in [-0.15, -0.1) is 10.2 Å². The summed E-state index contributed by atoms with van der Waals surface area (Å²) in [7, 11) is 0. The van der Waals surface area contributed by atoms with E-state index < -0.39 is 0 Å². The van der Waals surface area contributed by atoms with Crippen LogP contribution in [0.1, 0.15) is 24.6 Å². The third-order valence-corrected chi connectivity index (χ3v) is 2.62. The Hall–Kier alpha value is -0.940. The molecule has 2 rings (SSSR count). The van der Waals surface area contributed by atoms with Crippen molar-refractivity contribution < 1.29 is 9.15 Å². The van der Waals surface area contributed by atoms with Gasteiger partial charge >= 0.3 is 0 Å². The molecule has 1 N–H and O–H groups in total. The number of nitrogens with one attached hydrogen (secondary N) is 1. The lowest BCUT2D eigenvalue weighted by Crippen LogP contribution is -2.27. The topological polar surface area (TPSA) is 60.2 Å². The van der Waals surface area contributed by atoms with Crippen LogP contribution < -0.4 is 5.32 Å². The van der Waals surface area contributed by atoms with Gasteiger partial charge in [-0.3, -0.25) is 0 Å². The third-order valence-electron chi connectivity index (χ3n) is 2.62. The second kappa shape index (κ2) is 5.23. The SMILES string of the molecule is Cc1nnc(CNCC2CCOCC2)o1. The molecule has 0 bridgehead atoms. The summed E-state index contributed by atoms with van der Waals surface area (Å²) in [5.41, 5.74) is 0. The van der Waals surface area contributed by atoms with Gasteiger partial charge in [0.2, 0.25) is 11.8 Å². The van der Waals surface area contributed by atoms with Crippen molar-refractivity contribution in [2.75, 3.05) is 19.8 Å². The summed E-state index contributed by atoms with van der Waals surface area (Å²) in [5, 5.41) is 11.0. The van der Waals surface area contributed by atoms with Crippen LogP contribution in [-0.4, -0.2) is 30.0 Å². The van der Waals surface area contributed by atoms with Crippen molar-refractivity contribution in [3.05, 3.63) is 11.8 Å². The Morgan fingerprint density at radius 2 is 2.13 bits per heavy atom. The predicted octanol–water partition coefficient (Wildman–Crippen LogP) is 0.894. The molecule has 1 aromatic rings. The second-order valence-corrected chi connectivity index (χ2v) is 3.90. The predicted molar refractivity (Wildman–Crippen MR) is 54.3 cm³/mol. The summed E-state index contributed by atoms with van der Waals surface area (Å²) in [6, 6.07) is 0. The van der Waals surface area contributed by atoms with Crippen LogP contribution in [0.5, 0.6) is 0 Å². The lowest BCUT2D eigenvalue weighted by atomic mass is 10.0. The Bertz CT molecular complexity index is 295. The fraction of sp³-hybridized carbons (Fsp3) is 0.800. The molecular weight excluding hydrogens is 194 g/mol. The zero-order valence-corrected chi connectivity index (χ0v) is 9.03. The minimum Gasteiger partial charge on any atom is -0.424 e. The molecule has 0 amide bonds. The first-order chi connectivity index (χ1) is 7.34. The molecule has 0 unspecified atom stereocenters. The van der Waals surface area contributed by atoms with E-state index >= 15 is 0 Å². The smallest absolute Gasteiger partial charge is 0.230 e. The summed E-state index contributed by atoms with van der Waals surface area (Å²) in [5.74, 6) is 2.01. The van der Waals surface area contributed by atoms with E-state index in [9.17, 15) is 0 Å². The summed E-state index contributed by atoms with van der Waals surface area (Å²) in [4.78, 5) is 0. The normalized spacial score (nSPS) is 18.2. The van der Waals surface area contributed by atoms with Gasteiger partial charge in [-0.25, -0.2) is 0 Å². The van der Waals surface area contributed by atoms with Crippen LogP contribution in [0.3, 0.4) is 0 Å². The molecule has 0 aromatic carbocycles. The van der Waals surface area contributed by atoms with Crippen LogP contribution in [0.4, 0.5) is 0 Å². The van der Waals surface area contributed by atoms with Gasteiger partial charge in [0, 0.05) is 20.1 Å². The lowest BCUT2D eigenvalue weighted by Gasteiger charge is -2.21. The molecule has 1 aliphatic rings. The molecule has 5 heteroatoms. The standard InChI is InChI=1S/C10H17N3O2/c1-8-12-13-10(15-8)7-11-6-9-2-4-14-5-3-9/h9,11H,2-7H2,1H3. The zero-order valence-electron chi connectivity index (χ0n) is 9.03. The minimum absolute atomic E-state index is 0.623. The van der Waals surface area contributed by atoms with Crippen LogP contribution in [-0.2, 0) is 11.3 Å². The largest absolute Gasteiger partial charge is 0.424 e. The molecule has 5 nitrogen and oxygen atoms in total. The van der Waals surface area contributed by atoms with Gasteiger partial charge in [-0.1, -0.05) is 0 Å². The van der Waals surface area contributed by atoms with Gasteiger partial charge in [0.1, 0.15) is 0 Å². The molecule has 2 heterocycles. The van der Waals surface area contributed by atoms with E-state index in [0.29, 0.717) is 18.3 Å². The van der Waals surface area contributed by atoms with Crippen LogP contribution in [0, 0.1) is 12.8 Å². The first-order valence-corrected chi connectivity index (χ1v) is 5.42. The van der Waals surface area contributed by atoms with E-state index in [-0.39, 0.29) is 0 Å². The first-order valence-electron chi connectivity index (χ1n) is 5.42. The van der Waals surface area contributed by atoms with Crippen LogP contribution in [0.2, 0.25) is 0 Å². The molecule has 0 spiro atoms. The lowest BCUT2D eigenvalue weighted by molar-refractivity contribution is 0.0661. The maximum Gasteiger partial charge on any atom is 0.230 e. The van der Waals surface area contributed by atoms with Gasteiger partial charge in [-0.2, -0.15) is 0 Å². The zero-order chi connectivity index (χ0) is 10.5. The van der Waals surface area contributed by atoms with Crippen molar-refractivity contribution in [1.29, 1.82) is 0 Å². The van der Waals surface area contributed by atoms with Crippen molar-refractivity contribution >= 4 is 0 Å². The van der Waals surface area contributed by atoms with Crippen molar-refractivity contribution in [3.8, 4) is 0 Å². The highest BCUT2D eigenvalue weighted by Crippen LogP contribution is 2.13. The second-order valence-electron chi connectivity index (χ2n) is 3.90. The Kier molecular flexibility index (Phi) is 3.69. The molecule has 1 saturated heterocycles. The summed E-state index contributed by atoms with van der Waals surface area (Å²) < 4.78 is 10.6. The number of hydrogen-bond acceptors (Lipinski definition) is 5. The maximum absolute atomic E-state index is 5.30. The summed E-state index contributed by atoms with van der Waals surface area (Å²) in [6.45, 7) is 5.26. The van der Waals surface area contributed by atoms with E-state index in [2.05, 4.69) is 15.5 Å². The van der Waals surface area contributed by atoms with E-state index in [1.54, 1.807) is 6.92 Å². The van der Waals surface area contributed by atoms with Crippen molar-refractivity contribution in [3.63, 3.8) is 0 Å². The summed E-state index contributed by atoms with van der Waals surface area (Å²) >= 11 is 0. The number of aromatic nitrogens is 2. The van der Waals surface area contributed by atoms with Crippen LogP contribution >= 0.6 is 0 Å². The highest BCUT2D eigenvalue weighted by atomic mass is 16.5. The van der Waals surface area contributed by atoms with E-state index in [4.69, 9.17) is 9.15 Å². The van der Waals surface area contributed by atoms with Gasteiger partial charge in [0.15, 0.2) is 0 Å². The fourth-order valence-corrected chi connectivity index (χ4v) is 1.74. The molecule has 84 valence electrons. The molecule has 0 atom stereocenters. The quantitative estimate of drug-likeness (QED) is 0.801. The summed E-state index contributed by atoms with van der Waals surface area (Å²) in [6.07, 6.45) is 2.30. The molecule has 1 fully saturated rings. The van der Waals surface area contributed by atoms with Crippen LogP contribution in [0.15, 0.2) is 4.42 Å². The highest BCUT2D eigenvalue weighted by molar-refractivity contribution is 4.78. The number of ether oxygens (including phenoxy) is 1. The van der Waals surface area contributed by atoms with Gasteiger partial charge < -0.3 is 14.5 Å². The number of hydrogen-bond donors (Lipinski definition) is 1. The number of nitrogens with zero attached hydrogens (tertiary/aromatic N) is 2. The van der Waals surface area contributed by atoms with Gasteiger partial charge in [-0.05, 0) is 25.3 Å². The molecule has 0 saturated carbocycles. The van der Waals surface area contributed by atoms with E-state index in [1.807, 2.05) is 0 Å². The Morgan fingerprint density at radius 1 is 1.33 bits per heavy atom. The van der Waals surface area contributed by atoms with Gasteiger partial charge in [0.25, 0.3) is 0 Å². The monoisotopic (exact) mass is 211 g/mol. The Balaban J connectivity index is 1.65. The average Bonchev–Trinajstić information content (AvgIpc) is 2.66. The van der Waals surface area contributed by atoms with Crippen molar-refractivity contribution in [1.82, 2.24) is 15.5 Å². The van der Waals surface area contributed by atoms with Gasteiger partial charge in [0.05, 0.1) is 6.54 Å². The molecule has 0 aliphatic carbocycles. The van der Waals surface area contributed by atoms with Crippen molar-refractivity contribution in [2.45, 2.75) is 26.3 Å². The van der Waals surface area contributed by atoms with E-state index in [0.717, 1.165) is 38.5 Å². The minimum atomic E-state index is 0.623. The average molecular weight is 211 g/mol. The maximum atomic E-state index is 5.30. The Morgan fingerprint density at radius 3 is 2.80 bits per heavy atom. The Labute approximate surface area is 89.2 Å². The number of aryl methyl sites for hydroxylation is 1. The third kappa shape index (κ3) is 3.28. The molecule has 0 radical (unpaired) electrons. The fourth-order valence-electron chi connectivity index (χ4n) is 1.74. The first kappa shape index (κ1) is 10.6. The van der Waals surface area contributed by atoms with Crippen molar-refractivity contribution in [2.24, 2.45) is 5.92 Å². The molecular formula is C10H17N3O2.